The maximum atomic E-state index is 11.5. The van der Waals surface area contributed by atoms with E-state index in [1.807, 2.05) is 5.32 Å². The van der Waals surface area contributed by atoms with Crippen LogP contribution in [0.1, 0.15) is 6.42 Å². The molecule has 0 aromatic rings. The molecule has 0 heterocycles. The lowest BCUT2D eigenvalue weighted by Crippen LogP contribution is -2.44. The molecule has 0 aliphatic rings. The normalized spacial score (nSPS) is 11.2. The molecule has 4 N–H and O–H groups in total. The number of esters is 3. The van der Waals surface area contributed by atoms with Gasteiger partial charge in [0.25, 0.3) is 0 Å². The molecule has 0 fully saturated rings. The number of hydrogen-bond acceptors (Lipinski definition) is 10. The second-order valence-electron chi connectivity index (χ2n) is 3.60. The lowest BCUT2D eigenvalue weighted by molar-refractivity contribution is -0.167. The van der Waals surface area contributed by atoms with Crippen LogP contribution in [0.15, 0.2) is 12.2 Å². The molecule has 0 saturated heterocycles. The summed E-state index contributed by atoms with van der Waals surface area (Å²) in [6.45, 7) is -0.876. The van der Waals surface area contributed by atoms with Gasteiger partial charge in [0.1, 0.15) is 6.04 Å². The predicted molar refractivity (Wildman–Crippen MR) is 68.1 cm³/mol. The van der Waals surface area contributed by atoms with Crippen molar-refractivity contribution >= 4 is 30.0 Å². The van der Waals surface area contributed by atoms with Gasteiger partial charge >= 0.3 is 30.0 Å². The van der Waals surface area contributed by atoms with Crippen LogP contribution in [-0.2, 0) is 38.2 Å². The number of aliphatic carboxylic acids is 1. The Kier molecular flexibility index (Phi) is 9.11. The van der Waals surface area contributed by atoms with Gasteiger partial charge in [0.15, 0.2) is 0 Å². The van der Waals surface area contributed by atoms with E-state index in [1.165, 1.54) is 0 Å². The summed E-state index contributed by atoms with van der Waals surface area (Å²) in [5, 5.41) is 10.4. The van der Waals surface area contributed by atoms with Crippen LogP contribution in [0.5, 0.6) is 0 Å². The van der Waals surface area contributed by atoms with Crippen LogP contribution < -0.4 is 11.2 Å². The third-order valence-electron chi connectivity index (χ3n) is 2.02. The van der Waals surface area contributed by atoms with Crippen LogP contribution in [0.25, 0.3) is 0 Å². The number of carboxylic acid groups (broad SMARTS) is 1. The van der Waals surface area contributed by atoms with Gasteiger partial charge in [0, 0.05) is 12.2 Å². The van der Waals surface area contributed by atoms with Gasteiger partial charge in [0.2, 0.25) is 6.79 Å². The Bertz CT molecular complexity index is 501. The Balaban J connectivity index is 4.38. The molecule has 0 bridgehead atoms. The summed E-state index contributed by atoms with van der Waals surface area (Å²) in [4.78, 5) is 58.5. The lowest BCUT2D eigenvalue weighted by atomic mass is 10.2. The third kappa shape index (κ3) is 9.41. The van der Waals surface area contributed by atoms with Crippen LogP contribution >= 0.6 is 0 Å². The number of nitrogens with one attached hydrogen (secondary N) is 1. The Hall–Kier alpha value is -3.15. The second kappa shape index (κ2) is 10.6. The van der Waals surface area contributed by atoms with Gasteiger partial charge in [-0.3, -0.25) is 4.79 Å². The van der Waals surface area contributed by atoms with Crippen LogP contribution in [0.3, 0.4) is 0 Å². The highest BCUT2D eigenvalue weighted by molar-refractivity contribution is 5.91. The first-order valence-corrected chi connectivity index (χ1v) is 5.78. The molecule has 0 saturated carbocycles. The summed E-state index contributed by atoms with van der Waals surface area (Å²) in [6.07, 6.45) is -0.579. The fraction of sp³-hybridized carbons (Fsp3) is 0.364. The smallest absolute Gasteiger partial charge is 0.426 e. The van der Waals surface area contributed by atoms with Gasteiger partial charge in [-0.1, -0.05) is 0 Å². The zero-order valence-electron chi connectivity index (χ0n) is 11.8. The van der Waals surface area contributed by atoms with Gasteiger partial charge in [-0.25, -0.2) is 19.2 Å². The molecular weight excluding hydrogens is 320 g/mol. The molecule has 12 nitrogen and oxygen atoms in total. The van der Waals surface area contributed by atoms with E-state index in [0.29, 0.717) is 0 Å². The lowest BCUT2D eigenvalue weighted by Gasteiger charge is -2.14. The molecular formula is C11H14N2O10. The summed E-state index contributed by atoms with van der Waals surface area (Å²) in [5.74, 6) is 0.0915. The fourth-order valence-corrected chi connectivity index (χ4v) is 1.04. The molecule has 0 aliphatic carbocycles. The van der Waals surface area contributed by atoms with Gasteiger partial charge in [-0.2, -0.15) is 5.90 Å². The molecule has 23 heavy (non-hydrogen) atoms. The van der Waals surface area contributed by atoms with Gasteiger partial charge in [0.05, 0.1) is 13.5 Å². The van der Waals surface area contributed by atoms with E-state index in [-0.39, 0.29) is 0 Å². The van der Waals surface area contributed by atoms with Crippen LogP contribution in [0, 0.1) is 0 Å². The maximum Gasteiger partial charge on any atom is 0.426 e. The van der Waals surface area contributed by atoms with E-state index in [1.54, 1.807) is 0 Å². The summed E-state index contributed by atoms with van der Waals surface area (Å²) in [7, 11) is 1.10. The number of carbonyl (C=O) groups excluding carboxylic acids is 4. The highest BCUT2D eigenvalue weighted by Crippen LogP contribution is 1.98. The summed E-state index contributed by atoms with van der Waals surface area (Å²) in [6, 6.07) is -1.60. The molecule has 1 amide bonds. The minimum Gasteiger partial charge on any atom is -0.481 e. The third-order valence-corrected chi connectivity index (χ3v) is 2.02. The molecule has 0 unspecified atom stereocenters. The Morgan fingerprint density at radius 3 is 2.26 bits per heavy atom. The van der Waals surface area contributed by atoms with Crippen molar-refractivity contribution in [3.05, 3.63) is 12.2 Å². The van der Waals surface area contributed by atoms with Crippen molar-refractivity contribution in [2.24, 2.45) is 5.90 Å². The first-order chi connectivity index (χ1) is 10.8. The number of carboxylic acids is 1. The van der Waals surface area contributed by atoms with E-state index < -0.39 is 49.2 Å². The first kappa shape index (κ1) is 19.8. The molecule has 12 heteroatoms. The molecule has 1 atom stereocenters. The minimum absolute atomic E-state index is 0.721. The van der Waals surface area contributed by atoms with E-state index >= 15 is 0 Å². The highest BCUT2D eigenvalue weighted by atomic mass is 16.7. The monoisotopic (exact) mass is 334 g/mol. The van der Waals surface area contributed by atoms with Crippen LogP contribution in [-0.4, -0.2) is 55.0 Å². The summed E-state index contributed by atoms with van der Waals surface area (Å²) in [5.41, 5.74) is 0. The van der Waals surface area contributed by atoms with Crippen molar-refractivity contribution < 1.29 is 48.1 Å². The topological polar surface area (TPSA) is 181 Å². The quantitative estimate of drug-likeness (QED) is 0.197. The van der Waals surface area contributed by atoms with Crippen LogP contribution in [0.2, 0.25) is 0 Å². The predicted octanol–water partition coefficient (Wildman–Crippen LogP) is -1.80. The molecule has 0 aliphatic heterocycles. The minimum atomic E-state index is -1.60. The van der Waals surface area contributed by atoms with Gasteiger partial charge < -0.3 is 29.5 Å². The van der Waals surface area contributed by atoms with Crippen molar-refractivity contribution in [1.29, 1.82) is 0 Å². The standard InChI is InChI=1S/C11H14N2O10/c1-20-8(16)2-3-9(17)21-5-22-10(18)6(4-7(14)15)13-11(19)23-12/h2-3,6H,4-5,12H2,1H3,(H,13,19)(H,14,15)/b3-2+/t6-/m0/s1. The molecule has 0 aromatic carbocycles. The number of nitrogens with two attached hydrogens (primary N) is 1. The molecule has 0 spiro atoms. The van der Waals surface area contributed by atoms with Crippen molar-refractivity contribution in [3.63, 3.8) is 0 Å². The summed E-state index contributed by atoms with van der Waals surface area (Å²) >= 11 is 0. The SMILES string of the molecule is COC(=O)/C=C/C(=O)OCOC(=O)[C@H](CC(=O)O)NC(=O)ON. The molecule has 0 aromatic heterocycles. The zero-order valence-corrected chi connectivity index (χ0v) is 11.8. The largest absolute Gasteiger partial charge is 0.481 e. The van der Waals surface area contributed by atoms with E-state index in [0.717, 1.165) is 19.3 Å². The number of amides is 1. The number of ether oxygens (including phenoxy) is 3. The van der Waals surface area contributed by atoms with Gasteiger partial charge in [-0.15, -0.1) is 0 Å². The number of hydrogen-bond donors (Lipinski definition) is 3. The van der Waals surface area contributed by atoms with Crippen molar-refractivity contribution in [2.75, 3.05) is 13.9 Å². The second-order valence-corrected chi connectivity index (χ2v) is 3.60. The van der Waals surface area contributed by atoms with Crippen molar-refractivity contribution in [3.8, 4) is 0 Å². The van der Waals surface area contributed by atoms with Crippen molar-refractivity contribution in [1.82, 2.24) is 5.32 Å². The number of rotatable bonds is 8. The van der Waals surface area contributed by atoms with E-state index in [2.05, 4.69) is 24.9 Å². The first-order valence-electron chi connectivity index (χ1n) is 5.78. The Labute approximate surface area is 129 Å². The van der Waals surface area contributed by atoms with Gasteiger partial charge in [-0.05, 0) is 0 Å². The number of methoxy groups -OCH3 is 1. The van der Waals surface area contributed by atoms with Crippen molar-refractivity contribution in [2.45, 2.75) is 12.5 Å². The molecule has 128 valence electrons. The Morgan fingerprint density at radius 1 is 1.13 bits per heavy atom. The molecule has 0 radical (unpaired) electrons. The summed E-state index contributed by atoms with van der Waals surface area (Å²) < 4.78 is 13.1. The maximum absolute atomic E-state index is 11.5. The van der Waals surface area contributed by atoms with Crippen LogP contribution in [0.4, 0.5) is 4.79 Å². The van der Waals surface area contributed by atoms with E-state index in [9.17, 15) is 24.0 Å². The Morgan fingerprint density at radius 2 is 1.74 bits per heavy atom. The average Bonchev–Trinajstić information content (AvgIpc) is 2.50. The number of carbonyl (C=O) groups is 5. The molecule has 0 rings (SSSR count). The average molecular weight is 334 g/mol. The fourth-order valence-electron chi connectivity index (χ4n) is 1.04. The zero-order chi connectivity index (χ0) is 17.8. The highest BCUT2D eigenvalue weighted by Gasteiger charge is 2.26. The van der Waals surface area contributed by atoms with E-state index in [4.69, 9.17) is 5.11 Å².